The Morgan fingerprint density at radius 2 is 1.91 bits per heavy atom. The highest BCUT2D eigenvalue weighted by molar-refractivity contribution is 6.32. The van der Waals surface area contributed by atoms with Gasteiger partial charge in [-0.15, -0.1) is 0 Å². The number of carbonyl (C=O) groups excluding carboxylic acids is 1. The topological polar surface area (TPSA) is 91.0 Å². The van der Waals surface area contributed by atoms with Crippen molar-refractivity contribution in [3.63, 3.8) is 0 Å². The number of aromatic nitrogens is 4. The van der Waals surface area contributed by atoms with Crippen LogP contribution in [0.2, 0.25) is 5.02 Å². The minimum absolute atomic E-state index is 0.0906. The largest absolute Gasteiger partial charge is 0.433 e. The zero-order valence-electron chi connectivity index (χ0n) is 17.6. The van der Waals surface area contributed by atoms with E-state index in [1.807, 2.05) is 32.0 Å². The lowest BCUT2D eigenvalue weighted by Crippen LogP contribution is -2.27. The van der Waals surface area contributed by atoms with Gasteiger partial charge in [-0.1, -0.05) is 17.7 Å². The zero-order valence-corrected chi connectivity index (χ0v) is 18.3. The molecule has 2 heterocycles. The van der Waals surface area contributed by atoms with Crippen molar-refractivity contribution in [2.45, 2.75) is 27.0 Å². The van der Waals surface area contributed by atoms with Gasteiger partial charge in [-0.2, -0.15) is 13.9 Å². The third-order valence-corrected chi connectivity index (χ3v) is 5.05. The van der Waals surface area contributed by atoms with Crippen LogP contribution < -0.4 is 15.6 Å². The number of benzene rings is 2. The third-order valence-electron chi connectivity index (χ3n) is 4.75. The summed E-state index contributed by atoms with van der Waals surface area (Å²) in [5.74, 6) is -0.741. The fraction of sp³-hybridized carbons (Fsp3) is 0.182. The van der Waals surface area contributed by atoms with Crippen LogP contribution in [0.15, 0.2) is 53.7 Å². The number of aryl methyl sites for hydroxylation is 2. The molecule has 4 rings (SSSR count). The van der Waals surface area contributed by atoms with E-state index in [2.05, 4.69) is 20.1 Å². The monoisotopic (exact) mass is 473 g/mol. The zero-order chi connectivity index (χ0) is 23.7. The molecule has 8 nitrogen and oxygen atoms in total. The molecule has 2 aromatic carbocycles. The van der Waals surface area contributed by atoms with Crippen LogP contribution in [0.4, 0.5) is 14.5 Å². The summed E-state index contributed by atoms with van der Waals surface area (Å²) in [5, 5.41) is 7.03. The first-order valence-corrected chi connectivity index (χ1v) is 10.1. The highest BCUT2D eigenvalue weighted by Crippen LogP contribution is 2.29. The van der Waals surface area contributed by atoms with Crippen molar-refractivity contribution in [2.75, 3.05) is 5.32 Å². The van der Waals surface area contributed by atoms with Crippen molar-refractivity contribution >= 4 is 34.2 Å². The molecule has 2 aromatic heterocycles. The summed E-state index contributed by atoms with van der Waals surface area (Å²) in [7, 11) is 0. The minimum atomic E-state index is -3.02. The summed E-state index contributed by atoms with van der Waals surface area (Å²) >= 11 is 5.90. The molecule has 0 aliphatic carbocycles. The number of nitrogens with one attached hydrogen (secondary N) is 1. The summed E-state index contributed by atoms with van der Waals surface area (Å²) in [6, 6.07) is 9.74. The lowest BCUT2D eigenvalue weighted by Gasteiger charge is -2.10. The summed E-state index contributed by atoms with van der Waals surface area (Å²) in [6.07, 6.45) is 2.69. The average Bonchev–Trinajstić information content (AvgIpc) is 3.16. The van der Waals surface area contributed by atoms with E-state index in [-0.39, 0.29) is 28.4 Å². The standard InChI is InChI=1S/C22H18ClF2N5O3/c1-12-5-13(2)7-15(6-12)30-20-16(9-27-30)21(32)29(11-26-20)10-19(31)28-14-3-4-18(17(23)8-14)33-22(24)25/h3-9,11,22H,10H2,1-2H3,(H,28,31). The summed E-state index contributed by atoms with van der Waals surface area (Å²) < 4.78 is 31.7. The quantitative estimate of drug-likeness (QED) is 0.455. The van der Waals surface area contributed by atoms with Crippen LogP contribution in [-0.4, -0.2) is 31.9 Å². The Morgan fingerprint density at radius 3 is 2.58 bits per heavy atom. The van der Waals surface area contributed by atoms with Gasteiger partial charge in [-0.25, -0.2) is 9.67 Å². The van der Waals surface area contributed by atoms with Crippen molar-refractivity contribution in [1.29, 1.82) is 0 Å². The SMILES string of the molecule is Cc1cc(C)cc(-n2ncc3c(=O)n(CC(=O)Nc4ccc(OC(F)F)c(Cl)c4)cnc32)c1. The van der Waals surface area contributed by atoms with Crippen LogP contribution in [0, 0.1) is 13.8 Å². The predicted octanol–water partition coefficient (Wildman–Crippen LogP) is 4.09. The normalized spacial score (nSPS) is 11.2. The Labute approximate surface area is 191 Å². The van der Waals surface area contributed by atoms with Crippen LogP contribution in [0.1, 0.15) is 11.1 Å². The van der Waals surface area contributed by atoms with Crippen LogP contribution in [0.3, 0.4) is 0 Å². The fourth-order valence-corrected chi connectivity index (χ4v) is 3.67. The van der Waals surface area contributed by atoms with E-state index in [4.69, 9.17) is 11.6 Å². The highest BCUT2D eigenvalue weighted by atomic mass is 35.5. The predicted molar refractivity (Wildman–Crippen MR) is 119 cm³/mol. The molecular weight excluding hydrogens is 456 g/mol. The molecule has 0 unspecified atom stereocenters. The minimum Gasteiger partial charge on any atom is -0.433 e. The molecular formula is C22H18ClF2N5O3. The van der Waals surface area contributed by atoms with Crippen molar-refractivity contribution in [3.8, 4) is 11.4 Å². The molecule has 0 aliphatic rings. The van der Waals surface area contributed by atoms with Crippen molar-refractivity contribution in [3.05, 3.63) is 75.4 Å². The number of ether oxygens (including phenoxy) is 1. The van der Waals surface area contributed by atoms with Gasteiger partial charge in [0.2, 0.25) is 5.91 Å². The average molecular weight is 474 g/mol. The van der Waals surface area contributed by atoms with Gasteiger partial charge in [-0.05, 0) is 55.3 Å². The summed E-state index contributed by atoms with van der Waals surface area (Å²) in [5.41, 5.74) is 3.09. The van der Waals surface area contributed by atoms with Gasteiger partial charge < -0.3 is 10.1 Å². The Balaban J connectivity index is 1.55. The molecule has 0 aliphatic heterocycles. The number of hydrogen-bond donors (Lipinski definition) is 1. The lowest BCUT2D eigenvalue weighted by molar-refractivity contribution is -0.116. The molecule has 0 saturated carbocycles. The number of carbonyl (C=O) groups is 1. The van der Waals surface area contributed by atoms with E-state index < -0.39 is 18.1 Å². The first kappa shape index (κ1) is 22.4. The second kappa shape index (κ2) is 8.99. The van der Waals surface area contributed by atoms with Gasteiger partial charge in [0.25, 0.3) is 5.56 Å². The van der Waals surface area contributed by atoms with Gasteiger partial charge >= 0.3 is 6.61 Å². The van der Waals surface area contributed by atoms with E-state index in [1.165, 1.54) is 30.7 Å². The highest BCUT2D eigenvalue weighted by Gasteiger charge is 2.15. The molecule has 11 heteroatoms. The summed E-state index contributed by atoms with van der Waals surface area (Å²) in [4.78, 5) is 29.6. The summed E-state index contributed by atoms with van der Waals surface area (Å²) in [6.45, 7) is 0.599. The molecule has 1 amide bonds. The Hall–Kier alpha value is -3.79. The van der Waals surface area contributed by atoms with E-state index in [0.29, 0.717) is 5.65 Å². The molecule has 33 heavy (non-hydrogen) atoms. The number of alkyl halides is 2. The number of amides is 1. The van der Waals surface area contributed by atoms with Gasteiger partial charge in [-0.3, -0.25) is 14.2 Å². The first-order chi connectivity index (χ1) is 15.7. The molecule has 1 N–H and O–H groups in total. The van der Waals surface area contributed by atoms with E-state index >= 15 is 0 Å². The molecule has 0 fully saturated rings. The molecule has 170 valence electrons. The van der Waals surface area contributed by atoms with E-state index in [9.17, 15) is 18.4 Å². The molecule has 0 atom stereocenters. The Morgan fingerprint density at radius 1 is 1.18 bits per heavy atom. The second-order valence-electron chi connectivity index (χ2n) is 7.39. The fourth-order valence-electron chi connectivity index (χ4n) is 3.45. The maximum atomic E-state index is 12.9. The lowest BCUT2D eigenvalue weighted by atomic mass is 10.1. The number of fused-ring (bicyclic) bond motifs is 1. The van der Waals surface area contributed by atoms with Crippen molar-refractivity contribution < 1.29 is 18.3 Å². The van der Waals surface area contributed by atoms with Crippen molar-refractivity contribution in [1.82, 2.24) is 19.3 Å². The maximum Gasteiger partial charge on any atom is 0.387 e. The van der Waals surface area contributed by atoms with E-state index in [1.54, 1.807) is 4.68 Å². The van der Waals surface area contributed by atoms with Gasteiger partial charge in [0.1, 0.15) is 24.0 Å². The molecule has 4 aromatic rings. The number of anilines is 1. The third kappa shape index (κ3) is 4.85. The van der Waals surface area contributed by atoms with Crippen LogP contribution in [0.5, 0.6) is 5.75 Å². The number of nitrogens with zero attached hydrogens (tertiary/aromatic N) is 4. The number of rotatable bonds is 6. The first-order valence-electron chi connectivity index (χ1n) is 9.77. The molecule has 0 saturated heterocycles. The van der Waals surface area contributed by atoms with Crippen LogP contribution >= 0.6 is 11.6 Å². The van der Waals surface area contributed by atoms with Crippen LogP contribution in [-0.2, 0) is 11.3 Å². The van der Waals surface area contributed by atoms with Crippen LogP contribution in [0.25, 0.3) is 16.7 Å². The second-order valence-corrected chi connectivity index (χ2v) is 7.80. The van der Waals surface area contributed by atoms with Crippen molar-refractivity contribution in [2.24, 2.45) is 0 Å². The Bertz CT molecular complexity index is 1400. The Kier molecular flexibility index (Phi) is 6.10. The number of halogens is 3. The van der Waals surface area contributed by atoms with Gasteiger partial charge in [0, 0.05) is 5.69 Å². The molecule has 0 radical (unpaired) electrons. The smallest absolute Gasteiger partial charge is 0.387 e. The number of hydrogen-bond acceptors (Lipinski definition) is 5. The maximum absolute atomic E-state index is 12.9. The molecule has 0 bridgehead atoms. The molecule has 0 spiro atoms. The van der Waals surface area contributed by atoms with E-state index in [0.717, 1.165) is 21.4 Å². The van der Waals surface area contributed by atoms with Gasteiger partial charge in [0.15, 0.2) is 5.65 Å². The van der Waals surface area contributed by atoms with Gasteiger partial charge in [0.05, 0.1) is 16.9 Å².